The molecule has 4 heteroatoms. The molecule has 3 aromatic rings. The smallest absolute Gasteiger partial charge is 0.360 e. The van der Waals surface area contributed by atoms with Crippen LogP contribution in [0.5, 0.6) is 0 Å². The molecule has 0 amide bonds. The topological polar surface area (TPSA) is 52.3 Å². The minimum absolute atomic E-state index is 0.215. The lowest BCUT2D eigenvalue weighted by molar-refractivity contribution is 0.0519. The molecule has 3 rings (SSSR count). The van der Waals surface area contributed by atoms with E-state index in [0.29, 0.717) is 18.9 Å². The monoisotopic (exact) mass is 281 g/mol. The van der Waals surface area contributed by atoms with Crippen molar-refractivity contribution in [1.82, 2.24) is 4.98 Å². The SMILES string of the molecule is CCOC(=O)c1coc(Cc2cccc3ccccc23)n1. The minimum atomic E-state index is -0.453. The highest BCUT2D eigenvalue weighted by molar-refractivity contribution is 5.87. The predicted octanol–water partition coefficient (Wildman–Crippen LogP) is 3.60. The van der Waals surface area contributed by atoms with Crippen molar-refractivity contribution in [1.29, 1.82) is 0 Å². The van der Waals surface area contributed by atoms with Crippen LogP contribution in [-0.4, -0.2) is 17.6 Å². The van der Waals surface area contributed by atoms with Gasteiger partial charge in [0.15, 0.2) is 11.6 Å². The van der Waals surface area contributed by atoms with Crippen LogP contribution in [0.1, 0.15) is 28.9 Å². The Morgan fingerprint density at radius 1 is 1.19 bits per heavy atom. The van der Waals surface area contributed by atoms with Crippen LogP contribution in [0.15, 0.2) is 53.1 Å². The summed E-state index contributed by atoms with van der Waals surface area (Å²) < 4.78 is 10.3. The number of esters is 1. The second kappa shape index (κ2) is 5.79. The first-order chi connectivity index (χ1) is 10.3. The normalized spacial score (nSPS) is 10.7. The first-order valence-electron chi connectivity index (χ1n) is 6.86. The number of oxazole rings is 1. The number of benzene rings is 2. The van der Waals surface area contributed by atoms with Gasteiger partial charge in [0.2, 0.25) is 0 Å². The van der Waals surface area contributed by atoms with Gasteiger partial charge in [-0.1, -0.05) is 42.5 Å². The Kier molecular flexibility index (Phi) is 3.69. The largest absolute Gasteiger partial charge is 0.461 e. The Bertz CT molecular complexity index is 771. The molecule has 0 aliphatic rings. The van der Waals surface area contributed by atoms with Gasteiger partial charge in [-0.25, -0.2) is 9.78 Å². The molecule has 4 nitrogen and oxygen atoms in total. The summed E-state index contributed by atoms with van der Waals surface area (Å²) in [6.07, 6.45) is 1.89. The second-order valence-corrected chi connectivity index (χ2v) is 4.66. The lowest BCUT2D eigenvalue weighted by atomic mass is 10.0. The van der Waals surface area contributed by atoms with Crippen molar-refractivity contribution in [2.75, 3.05) is 6.61 Å². The third kappa shape index (κ3) is 2.79. The van der Waals surface area contributed by atoms with Crippen LogP contribution in [-0.2, 0) is 11.2 Å². The van der Waals surface area contributed by atoms with Gasteiger partial charge < -0.3 is 9.15 Å². The summed E-state index contributed by atoms with van der Waals surface area (Å²) in [5.74, 6) is 0.0554. The number of hydrogen-bond donors (Lipinski definition) is 0. The van der Waals surface area contributed by atoms with Gasteiger partial charge in [0.05, 0.1) is 6.61 Å². The van der Waals surface area contributed by atoms with Gasteiger partial charge in [-0.15, -0.1) is 0 Å². The van der Waals surface area contributed by atoms with E-state index in [1.807, 2.05) is 24.3 Å². The van der Waals surface area contributed by atoms with Gasteiger partial charge in [0.1, 0.15) is 6.26 Å². The maximum absolute atomic E-state index is 11.6. The molecule has 0 spiro atoms. The summed E-state index contributed by atoms with van der Waals surface area (Å²) in [6, 6.07) is 14.3. The summed E-state index contributed by atoms with van der Waals surface area (Å²) in [5.41, 5.74) is 1.33. The van der Waals surface area contributed by atoms with Crippen LogP contribution in [0.3, 0.4) is 0 Å². The van der Waals surface area contributed by atoms with Gasteiger partial charge >= 0.3 is 5.97 Å². The summed E-state index contributed by atoms with van der Waals surface area (Å²) >= 11 is 0. The molecule has 1 heterocycles. The molecule has 0 fully saturated rings. The summed E-state index contributed by atoms with van der Waals surface area (Å²) in [5, 5.41) is 2.34. The Hall–Kier alpha value is -2.62. The summed E-state index contributed by atoms with van der Waals surface area (Å²) in [4.78, 5) is 15.8. The number of carbonyl (C=O) groups excluding carboxylic acids is 1. The van der Waals surface area contributed by atoms with Crippen molar-refractivity contribution >= 4 is 16.7 Å². The maximum Gasteiger partial charge on any atom is 0.360 e. The highest BCUT2D eigenvalue weighted by Gasteiger charge is 2.14. The fourth-order valence-corrected chi connectivity index (χ4v) is 2.30. The van der Waals surface area contributed by atoms with Gasteiger partial charge in [0, 0.05) is 6.42 Å². The van der Waals surface area contributed by atoms with E-state index in [1.165, 1.54) is 11.6 Å². The highest BCUT2D eigenvalue weighted by Crippen LogP contribution is 2.21. The first-order valence-corrected chi connectivity index (χ1v) is 6.86. The molecule has 0 bridgehead atoms. The minimum Gasteiger partial charge on any atom is -0.461 e. The second-order valence-electron chi connectivity index (χ2n) is 4.66. The quantitative estimate of drug-likeness (QED) is 0.686. The molecular weight excluding hydrogens is 266 g/mol. The Labute approximate surface area is 122 Å². The Morgan fingerprint density at radius 3 is 2.86 bits per heavy atom. The molecular formula is C17H15NO3. The fourth-order valence-electron chi connectivity index (χ4n) is 2.30. The van der Waals surface area contributed by atoms with E-state index in [2.05, 4.69) is 23.2 Å². The lowest BCUT2D eigenvalue weighted by Gasteiger charge is -2.03. The van der Waals surface area contributed by atoms with Gasteiger partial charge in [-0.3, -0.25) is 0 Å². The molecule has 0 aliphatic carbocycles. The molecule has 2 aromatic carbocycles. The van der Waals surface area contributed by atoms with E-state index in [1.54, 1.807) is 6.92 Å². The zero-order valence-electron chi connectivity index (χ0n) is 11.7. The van der Waals surface area contributed by atoms with Crippen molar-refractivity contribution in [2.24, 2.45) is 0 Å². The standard InChI is InChI=1S/C17H15NO3/c1-2-20-17(19)15-11-21-16(18-15)10-13-8-5-7-12-6-3-4-9-14(12)13/h3-9,11H,2,10H2,1H3. The van der Waals surface area contributed by atoms with Crippen LogP contribution >= 0.6 is 0 Å². The van der Waals surface area contributed by atoms with Crippen molar-refractivity contribution < 1.29 is 13.9 Å². The first kappa shape index (κ1) is 13.4. The number of ether oxygens (including phenoxy) is 1. The van der Waals surface area contributed by atoms with E-state index in [-0.39, 0.29) is 5.69 Å². The maximum atomic E-state index is 11.6. The molecule has 106 valence electrons. The molecule has 1 aromatic heterocycles. The van der Waals surface area contributed by atoms with Crippen LogP contribution in [0.2, 0.25) is 0 Å². The van der Waals surface area contributed by atoms with Gasteiger partial charge in [-0.2, -0.15) is 0 Å². The number of carbonyl (C=O) groups is 1. The van der Waals surface area contributed by atoms with E-state index in [4.69, 9.17) is 9.15 Å². The molecule has 21 heavy (non-hydrogen) atoms. The highest BCUT2D eigenvalue weighted by atomic mass is 16.5. The van der Waals surface area contributed by atoms with E-state index in [0.717, 1.165) is 10.9 Å². The van der Waals surface area contributed by atoms with Gasteiger partial charge in [-0.05, 0) is 23.3 Å². The molecule has 0 radical (unpaired) electrons. The van der Waals surface area contributed by atoms with E-state index >= 15 is 0 Å². The van der Waals surface area contributed by atoms with Crippen molar-refractivity contribution in [3.8, 4) is 0 Å². The molecule has 0 aliphatic heterocycles. The summed E-state index contributed by atoms with van der Waals surface area (Å²) in [6.45, 7) is 2.08. The fraction of sp³-hybridized carbons (Fsp3) is 0.176. The molecule has 0 saturated carbocycles. The third-order valence-corrected chi connectivity index (χ3v) is 3.26. The molecule has 0 atom stereocenters. The van der Waals surface area contributed by atoms with Crippen LogP contribution < -0.4 is 0 Å². The average Bonchev–Trinajstić information content (AvgIpc) is 2.97. The van der Waals surface area contributed by atoms with Crippen molar-refractivity contribution in [3.05, 3.63) is 65.9 Å². The van der Waals surface area contributed by atoms with Crippen LogP contribution in [0.25, 0.3) is 10.8 Å². The number of aromatic nitrogens is 1. The molecule has 0 N–H and O–H groups in total. The van der Waals surface area contributed by atoms with Gasteiger partial charge in [0.25, 0.3) is 0 Å². The third-order valence-electron chi connectivity index (χ3n) is 3.26. The number of rotatable bonds is 4. The zero-order chi connectivity index (χ0) is 14.7. The lowest BCUT2D eigenvalue weighted by Crippen LogP contribution is -2.05. The van der Waals surface area contributed by atoms with Crippen LogP contribution in [0.4, 0.5) is 0 Å². The van der Waals surface area contributed by atoms with E-state index in [9.17, 15) is 4.79 Å². The Balaban J connectivity index is 1.87. The number of nitrogens with zero attached hydrogens (tertiary/aromatic N) is 1. The molecule has 0 unspecified atom stereocenters. The van der Waals surface area contributed by atoms with E-state index < -0.39 is 5.97 Å². The average molecular weight is 281 g/mol. The van der Waals surface area contributed by atoms with Crippen LogP contribution in [0, 0.1) is 0 Å². The Morgan fingerprint density at radius 2 is 2.00 bits per heavy atom. The zero-order valence-corrected chi connectivity index (χ0v) is 11.7. The van der Waals surface area contributed by atoms with Crippen molar-refractivity contribution in [3.63, 3.8) is 0 Å². The number of hydrogen-bond acceptors (Lipinski definition) is 4. The summed E-state index contributed by atoms with van der Waals surface area (Å²) in [7, 11) is 0. The van der Waals surface area contributed by atoms with Crippen molar-refractivity contribution in [2.45, 2.75) is 13.3 Å². The molecule has 0 saturated heterocycles. The predicted molar refractivity (Wildman–Crippen MR) is 79.2 cm³/mol. The number of fused-ring (bicyclic) bond motifs is 1.